The summed E-state index contributed by atoms with van der Waals surface area (Å²) in [6, 6.07) is 10.2. The Morgan fingerprint density at radius 1 is 1.44 bits per heavy atom. The average molecular weight is 362 g/mol. The Balaban J connectivity index is 1.39. The summed E-state index contributed by atoms with van der Waals surface area (Å²) in [5.74, 6) is 1.41. The number of aromatic amines is 1. The SMILES string of the molecule is Cc1nc(CCC(=O)Cc2c[nH]c3ccccc23)oc1N1CCC[C@H]1C#N. The summed E-state index contributed by atoms with van der Waals surface area (Å²) >= 11 is 0. The second-order valence-electron chi connectivity index (χ2n) is 7.05. The van der Waals surface area contributed by atoms with Crippen molar-refractivity contribution in [1.82, 2.24) is 9.97 Å². The van der Waals surface area contributed by atoms with Crippen molar-refractivity contribution in [3.63, 3.8) is 0 Å². The van der Waals surface area contributed by atoms with Crippen molar-refractivity contribution in [2.24, 2.45) is 0 Å². The maximum absolute atomic E-state index is 12.4. The van der Waals surface area contributed by atoms with Gasteiger partial charge in [-0.3, -0.25) is 4.79 Å². The molecular weight excluding hydrogens is 340 g/mol. The Labute approximate surface area is 157 Å². The van der Waals surface area contributed by atoms with Crippen molar-refractivity contribution < 1.29 is 9.21 Å². The third kappa shape index (κ3) is 3.45. The van der Waals surface area contributed by atoms with Crippen LogP contribution in [0.25, 0.3) is 10.9 Å². The van der Waals surface area contributed by atoms with Crippen molar-refractivity contribution in [1.29, 1.82) is 5.26 Å². The van der Waals surface area contributed by atoms with E-state index in [0.29, 0.717) is 31.0 Å². The highest BCUT2D eigenvalue weighted by Gasteiger charge is 2.29. The molecule has 0 radical (unpaired) electrons. The molecule has 1 saturated heterocycles. The minimum absolute atomic E-state index is 0.145. The lowest BCUT2D eigenvalue weighted by Gasteiger charge is -2.18. The van der Waals surface area contributed by atoms with Crippen LogP contribution in [0.3, 0.4) is 0 Å². The minimum Gasteiger partial charge on any atom is -0.425 e. The van der Waals surface area contributed by atoms with E-state index < -0.39 is 0 Å². The van der Waals surface area contributed by atoms with E-state index >= 15 is 0 Å². The average Bonchev–Trinajstić information content (AvgIpc) is 3.38. The maximum Gasteiger partial charge on any atom is 0.220 e. The van der Waals surface area contributed by atoms with Crippen LogP contribution in [0.1, 0.15) is 36.4 Å². The molecule has 1 aliphatic rings. The molecule has 1 atom stereocenters. The summed E-state index contributed by atoms with van der Waals surface area (Å²) in [6.07, 6.45) is 5.02. The van der Waals surface area contributed by atoms with Crippen LogP contribution in [0.5, 0.6) is 0 Å². The summed E-state index contributed by atoms with van der Waals surface area (Å²) in [5, 5.41) is 10.4. The first-order chi connectivity index (χ1) is 13.2. The highest BCUT2D eigenvalue weighted by molar-refractivity contribution is 5.89. The van der Waals surface area contributed by atoms with Gasteiger partial charge in [-0.25, -0.2) is 4.98 Å². The summed E-state index contributed by atoms with van der Waals surface area (Å²) in [4.78, 5) is 22.1. The van der Waals surface area contributed by atoms with Crippen molar-refractivity contribution in [3.05, 3.63) is 47.6 Å². The molecule has 138 valence electrons. The van der Waals surface area contributed by atoms with Gasteiger partial charge in [0.25, 0.3) is 0 Å². The number of nitrogens with one attached hydrogen (secondary N) is 1. The van der Waals surface area contributed by atoms with Gasteiger partial charge in [0.1, 0.15) is 17.5 Å². The number of carbonyl (C=O) groups is 1. The van der Waals surface area contributed by atoms with Crippen molar-refractivity contribution in [2.75, 3.05) is 11.4 Å². The number of para-hydroxylation sites is 1. The lowest BCUT2D eigenvalue weighted by molar-refractivity contribution is -0.118. The van der Waals surface area contributed by atoms with Crippen LogP contribution in [0, 0.1) is 18.3 Å². The van der Waals surface area contributed by atoms with Gasteiger partial charge >= 0.3 is 0 Å². The molecule has 27 heavy (non-hydrogen) atoms. The molecule has 3 heterocycles. The summed E-state index contributed by atoms with van der Waals surface area (Å²) in [7, 11) is 0. The molecule has 1 aliphatic heterocycles. The molecule has 0 amide bonds. The van der Waals surface area contributed by atoms with E-state index in [1.807, 2.05) is 42.3 Å². The molecule has 0 saturated carbocycles. The number of aromatic nitrogens is 2. The molecule has 1 aromatic carbocycles. The largest absolute Gasteiger partial charge is 0.425 e. The first-order valence-corrected chi connectivity index (χ1v) is 9.35. The molecule has 0 bridgehead atoms. The Morgan fingerprint density at radius 3 is 3.15 bits per heavy atom. The number of Topliss-reactive ketones (excluding diaryl/α,β-unsaturated/α-hetero) is 1. The van der Waals surface area contributed by atoms with Crippen LogP contribution in [0.4, 0.5) is 5.88 Å². The zero-order chi connectivity index (χ0) is 18.8. The number of H-pyrrole nitrogens is 1. The van der Waals surface area contributed by atoms with E-state index in [4.69, 9.17) is 4.42 Å². The number of anilines is 1. The van der Waals surface area contributed by atoms with Gasteiger partial charge in [-0.15, -0.1) is 0 Å². The Morgan fingerprint density at radius 2 is 2.30 bits per heavy atom. The lowest BCUT2D eigenvalue weighted by atomic mass is 10.1. The molecule has 0 spiro atoms. The monoisotopic (exact) mass is 362 g/mol. The normalized spacial score (nSPS) is 16.7. The molecule has 0 unspecified atom stereocenters. The molecule has 4 rings (SSSR count). The third-order valence-corrected chi connectivity index (χ3v) is 5.16. The predicted molar refractivity (Wildman–Crippen MR) is 103 cm³/mol. The Kier molecular flexibility index (Phi) is 4.68. The van der Waals surface area contributed by atoms with E-state index in [-0.39, 0.29) is 11.8 Å². The Bertz CT molecular complexity index is 1010. The van der Waals surface area contributed by atoms with E-state index in [1.165, 1.54) is 0 Å². The highest BCUT2D eigenvalue weighted by Crippen LogP contribution is 2.29. The second-order valence-corrected chi connectivity index (χ2v) is 7.05. The number of rotatable bonds is 6. The van der Waals surface area contributed by atoms with Crippen LogP contribution in [0.2, 0.25) is 0 Å². The van der Waals surface area contributed by atoms with Crippen molar-refractivity contribution in [2.45, 2.75) is 45.1 Å². The molecule has 2 aromatic heterocycles. The molecule has 6 nitrogen and oxygen atoms in total. The number of nitrogens with zero attached hydrogens (tertiary/aromatic N) is 3. The number of aryl methyl sites for hydroxylation is 2. The first-order valence-electron chi connectivity index (χ1n) is 9.35. The standard InChI is InChI=1S/C21H22N4O2/c1-14-21(25-10-4-5-16(25)12-22)27-20(24-14)9-8-17(26)11-15-13-23-19-7-3-2-6-18(15)19/h2-3,6-7,13,16,23H,4-5,8-11H2,1H3/t16-/m0/s1. The summed E-state index contributed by atoms with van der Waals surface area (Å²) in [5.41, 5.74) is 2.86. The number of hydrogen-bond donors (Lipinski definition) is 1. The predicted octanol–water partition coefficient (Wildman–Crippen LogP) is 3.70. The molecular formula is C21H22N4O2. The quantitative estimate of drug-likeness (QED) is 0.722. The van der Waals surface area contributed by atoms with Gasteiger partial charge in [-0.2, -0.15) is 5.26 Å². The van der Waals surface area contributed by atoms with E-state index in [2.05, 4.69) is 16.0 Å². The number of hydrogen-bond acceptors (Lipinski definition) is 5. The highest BCUT2D eigenvalue weighted by atomic mass is 16.4. The number of benzene rings is 1. The van der Waals surface area contributed by atoms with Crippen LogP contribution >= 0.6 is 0 Å². The van der Waals surface area contributed by atoms with Crippen molar-refractivity contribution >= 4 is 22.6 Å². The number of oxazole rings is 1. The molecule has 0 aliphatic carbocycles. The van der Waals surface area contributed by atoms with E-state index in [1.54, 1.807) is 0 Å². The van der Waals surface area contributed by atoms with Crippen molar-refractivity contribution in [3.8, 4) is 6.07 Å². The van der Waals surface area contributed by atoms with Gasteiger partial charge in [-0.1, -0.05) is 18.2 Å². The zero-order valence-electron chi connectivity index (χ0n) is 15.4. The molecule has 6 heteroatoms. The maximum atomic E-state index is 12.4. The molecule has 3 aromatic rings. The van der Waals surface area contributed by atoms with Gasteiger partial charge in [0.05, 0.1) is 6.07 Å². The van der Waals surface area contributed by atoms with E-state index in [9.17, 15) is 10.1 Å². The van der Waals surface area contributed by atoms with Crippen LogP contribution in [0.15, 0.2) is 34.9 Å². The number of ketones is 1. The summed E-state index contributed by atoms with van der Waals surface area (Å²) in [6.45, 7) is 2.70. The number of nitriles is 1. The van der Waals surface area contributed by atoms with Gasteiger partial charge in [0.2, 0.25) is 5.88 Å². The van der Waals surface area contributed by atoms with Gasteiger partial charge in [0.15, 0.2) is 5.89 Å². The minimum atomic E-state index is -0.145. The fourth-order valence-electron chi connectivity index (χ4n) is 3.79. The number of carbonyl (C=O) groups excluding carboxylic acids is 1. The van der Waals surface area contributed by atoms with Gasteiger partial charge in [0, 0.05) is 42.9 Å². The van der Waals surface area contributed by atoms with E-state index in [0.717, 1.165) is 41.5 Å². The molecule has 1 N–H and O–H groups in total. The van der Waals surface area contributed by atoms with Gasteiger partial charge < -0.3 is 14.3 Å². The Hall–Kier alpha value is -3.07. The topological polar surface area (TPSA) is 85.9 Å². The van der Waals surface area contributed by atoms with Crippen LogP contribution in [-0.2, 0) is 17.6 Å². The lowest BCUT2D eigenvalue weighted by Crippen LogP contribution is -2.27. The first kappa shape index (κ1) is 17.3. The number of fused-ring (bicyclic) bond motifs is 1. The summed E-state index contributed by atoms with van der Waals surface area (Å²) < 4.78 is 5.89. The van der Waals surface area contributed by atoms with Crippen LogP contribution in [-0.4, -0.2) is 28.3 Å². The zero-order valence-corrected chi connectivity index (χ0v) is 15.4. The smallest absolute Gasteiger partial charge is 0.220 e. The fraction of sp³-hybridized carbons (Fsp3) is 0.381. The fourth-order valence-corrected chi connectivity index (χ4v) is 3.79. The van der Waals surface area contributed by atoms with Gasteiger partial charge in [-0.05, 0) is 31.4 Å². The molecule has 1 fully saturated rings. The second kappa shape index (κ2) is 7.28. The third-order valence-electron chi connectivity index (χ3n) is 5.16. The van der Waals surface area contributed by atoms with Crippen LogP contribution < -0.4 is 4.90 Å².